The summed E-state index contributed by atoms with van der Waals surface area (Å²) >= 11 is 0. The van der Waals surface area contributed by atoms with Gasteiger partial charge in [-0.05, 0) is 37.8 Å². The lowest BCUT2D eigenvalue weighted by molar-refractivity contribution is -0.122. The second kappa shape index (κ2) is 5.72. The summed E-state index contributed by atoms with van der Waals surface area (Å²) in [5.74, 6) is 0.168. The molecule has 110 valence electrons. The van der Waals surface area contributed by atoms with E-state index in [1.807, 2.05) is 25.4 Å². The molecule has 0 bridgehead atoms. The average molecular weight is 283 g/mol. The number of amides is 1. The number of aryl methyl sites for hydroxylation is 2. The fourth-order valence-corrected chi connectivity index (χ4v) is 3.02. The van der Waals surface area contributed by atoms with Crippen LogP contribution in [-0.4, -0.2) is 22.0 Å². The van der Waals surface area contributed by atoms with Crippen molar-refractivity contribution >= 4 is 5.91 Å². The van der Waals surface area contributed by atoms with E-state index in [-0.39, 0.29) is 11.8 Å². The molecule has 1 amide bonds. The molecule has 4 nitrogen and oxygen atoms in total. The zero-order chi connectivity index (χ0) is 14.8. The van der Waals surface area contributed by atoms with Gasteiger partial charge in [0.25, 0.3) is 0 Å². The van der Waals surface area contributed by atoms with Crippen LogP contribution in [0.1, 0.15) is 34.9 Å². The van der Waals surface area contributed by atoms with Crippen LogP contribution in [0.25, 0.3) is 0 Å². The van der Waals surface area contributed by atoms with E-state index in [9.17, 15) is 4.79 Å². The number of carbonyl (C=O) groups is 1. The van der Waals surface area contributed by atoms with Gasteiger partial charge in [0.05, 0.1) is 17.9 Å². The maximum absolute atomic E-state index is 12.4. The predicted molar refractivity (Wildman–Crippen MR) is 82.2 cm³/mol. The van der Waals surface area contributed by atoms with Crippen molar-refractivity contribution in [2.75, 3.05) is 6.54 Å². The molecule has 4 heteroatoms. The highest BCUT2D eigenvalue weighted by molar-refractivity contribution is 5.84. The van der Waals surface area contributed by atoms with E-state index in [4.69, 9.17) is 0 Å². The third kappa shape index (κ3) is 2.71. The molecule has 1 aliphatic carbocycles. The van der Waals surface area contributed by atoms with E-state index in [0.717, 1.165) is 30.8 Å². The highest BCUT2D eigenvalue weighted by atomic mass is 16.1. The molecule has 1 aromatic heterocycles. The third-order valence-electron chi connectivity index (χ3n) is 4.45. The number of aromatic nitrogens is 2. The summed E-state index contributed by atoms with van der Waals surface area (Å²) in [4.78, 5) is 16.6. The van der Waals surface area contributed by atoms with Gasteiger partial charge in [-0.2, -0.15) is 0 Å². The summed E-state index contributed by atoms with van der Waals surface area (Å²) in [6.45, 7) is 5.47. The Morgan fingerprint density at radius 2 is 2.19 bits per heavy atom. The highest BCUT2D eigenvalue weighted by Gasteiger charge is 2.27. The molecule has 21 heavy (non-hydrogen) atoms. The Labute approximate surface area is 125 Å². The van der Waals surface area contributed by atoms with Crippen molar-refractivity contribution < 1.29 is 4.79 Å². The van der Waals surface area contributed by atoms with Gasteiger partial charge in [-0.1, -0.05) is 24.3 Å². The molecule has 2 aromatic rings. The Morgan fingerprint density at radius 1 is 1.38 bits per heavy atom. The van der Waals surface area contributed by atoms with Crippen molar-refractivity contribution in [1.29, 1.82) is 0 Å². The Hall–Kier alpha value is -2.10. The van der Waals surface area contributed by atoms with Crippen molar-refractivity contribution in [2.45, 2.75) is 39.2 Å². The van der Waals surface area contributed by atoms with E-state index >= 15 is 0 Å². The van der Waals surface area contributed by atoms with Gasteiger partial charge in [0.2, 0.25) is 5.91 Å². The number of imidazole rings is 1. The van der Waals surface area contributed by atoms with Crippen LogP contribution in [0.15, 0.2) is 30.6 Å². The number of carbonyl (C=O) groups excluding carboxylic acids is 1. The second-order valence-electron chi connectivity index (χ2n) is 5.69. The number of benzene rings is 1. The Morgan fingerprint density at radius 3 is 2.95 bits per heavy atom. The van der Waals surface area contributed by atoms with Crippen LogP contribution in [0.5, 0.6) is 0 Å². The van der Waals surface area contributed by atoms with Gasteiger partial charge in [-0.3, -0.25) is 4.79 Å². The van der Waals surface area contributed by atoms with Crippen LogP contribution in [0.2, 0.25) is 0 Å². The first-order chi connectivity index (χ1) is 10.2. The van der Waals surface area contributed by atoms with Gasteiger partial charge in [0, 0.05) is 18.8 Å². The number of hydrogen-bond acceptors (Lipinski definition) is 2. The minimum Gasteiger partial charge on any atom is -0.354 e. The fourth-order valence-electron chi connectivity index (χ4n) is 3.02. The average Bonchev–Trinajstić information content (AvgIpc) is 3.05. The molecule has 1 N–H and O–H groups in total. The lowest BCUT2D eigenvalue weighted by Crippen LogP contribution is -2.31. The molecule has 0 unspecified atom stereocenters. The molecule has 1 aromatic carbocycles. The fraction of sp³-hybridized carbons (Fsp3) is 0.412. The lowest BCUT2D eigenvalue weighted by atomic mass is 10.0. The minimum atomic E-state index is 0.0202. The number of rotatable bonds is 4. The molecule has 1 aliphatic rings. The zero-order valence-electron chi connectivity index (χ0n) is 12.6. The molecule has 0 fully saturated rings. The normalized spacial score (nSPS) is 16.8. The van der Waals surface area contributed by atoms with Crippen LogP contribution in [0.3, 0.4) is 0 Å². The molecule has 0 aliphatic heterocycles. The Bertz CT molecular complexity index is 660. The molecular weight excluding hydrogens is 262 g/mol. The van der Waals surface area contributed by atoms with Crippen LogP contribution in [0, 0.1) is 13.8 Å². The molecular formula is C17H21N3O. The topological polar surface area (TPSA) is 46.9 Å². The van der Waals surface area contributed by atoms with Crippen molar-refractivity contribution in [3.05, 3.63) is 53.1 Å². The van der Waals surface area contributed by atoms with E-state index in [0.29, 0.717) is 6.54 Å². The number of nitrogens with one attached hydrogen (secondary N) is 1. The zero-order valence-corrected chi connectivity index (χ0v) is 12.6. The summed E-state index contributed by atoms with van der Waals surface area (Å²) in [5.41, 5.74) is 4.73. The number of hydrogen-bond donors (Lipinski definition) is 1. The monoisotopic (exact) mass is 283 g/mol. The van der Waals surface area contributed by atoms with Crippen LogP contribution in [-0.2, 0) is 17.8 Å². The molecule has 0 radical (unpaired) electrons. The SMILES string of the molecule is Cc1ncn(CCNC(=O)[C@@H]2CCc3ccccc32)c1C. The summed E-state index contributed by atoms with van der Waals surface area (Å²) in [6, 6.07) is 8.27. The first-order valence-electron chi connectivity index (χ1n) is 7.50. The van der Waals surface area contributed by atoms with Crippen LogP contribution in [0.4, 0.5) is 0 Å². The van der Waals surface area contributed by atoms with E-state index in [1.54, 1.807) is 0 Å². The first kappa shape index (κ1) is 13.9. The lowest BCUT2D eigenvalue weighted by Gasteiger charge is -2.13. The van der Waals surface area contributed by atoms with Gasteiger partial charge in [-0.25, -0.2) is 4.98 Å². The van der Waals surface area contributed by atoms with Gasteiger partial charge >= 0.3 is 0 Å². The summed E-state index contributed by atoms with van der Waals surface area (Å²) < 4.78 is 2.08. The highest BCUT2D eigenvalue weighted by Crippen LogP contribution is 2.32. The largest absolute Gasteiger partial charge is 0.354 e. The van der Waals surface area contributed by atoms with Gasteiger partial charge in [0.15, 0.2) is 0 Å². The van der Waals surface area contributed by atoms with E-state index < -0.39 is 0 Å². The first-order valence-corrected chi connectivity index (χ1v) is 7.50. The Balaban J connectivity index is 1.57. The molecule has 1 heterocycles. The number of fused-ring (bicyclic) bond motifs is 1. The smallest absolute Gasteiger partial charge is 0.227 e. The predicted octanol–water partition coefficient (Wildman–Crippen LogP) is 2.35. The van der Waals surface area contributed by atoms with Crippen LogP contribution >= 0.6 is 0 Å². The number of nitrogens with zero attached hydrogens (tertiary/aromatic N) is 2. The standard InChI is InChI=1S/C17H21N3O/c1-12-13(2)20(11-19-12)10-9-18-17(21)16-8-7-14-5-3-4-6-15(14)16/h3-6,11,16H,7-10H2,1-2H3,(H,18,21)/t16-/m1/s1. The maximum Gasteiger partial charge on any atom is 0.227 e. The second-order valence-corrected chi connectivity index (χ2v) is 5.69. The van der Waals surface area contributed by atoms with Gasteiger partial charge < -0.3 is 9.88 Å². The molecule has 3 rings (SSSR count). The summed E-state index contributed by atoms with van der Waals surface area (Å²) in [5, 5.41) is 3.06. The van der Waals surface area contributed by atoms with E-state index in [1.165, 1.54) is 11.1 Å². The molecule has 0 spiro atoms. The third-order valence-corrected chi connectivity index (χ3v) is 4.45. The van der Waals surface area contributed by atoms with Gasteiger partial charge in [-0.15, -0.1) is 0 Å². The van der Waals surface area contributed by atoms with Crippen molar-refractivity contribution in [2.24, 2.45) is 0 Å². The maximum atomic E-state index is 12.4. The molecule has 0 saturated heterocycles. The van der Waals surface area contributed by atoms with Crippen LogP contribution < -0.4 is 5.32 Å². The minimum absolute atomic E-state index is 0.0202. The molecule has 1 atom stereocenters. The van der Waals surface area contributed by atoms with Crippen molar-refractivity contribution in [3.63, 3.8) is 0 Å². The molecule has 0 saturated carbocycles. The van der Waals surface area contributed by atoms with Crippen molar-refractivity contribution in [3.8, 4) is 0 Å². The quantitative estimate of drug-likeness (QED) is 0.936. The van der Waals surface area contributed by atoms with E-state index in [2.05, 4.69) is 33.9 Å². The van der Waals surface area contributed by atoms with Gasteiger partial charge in [0.1, 0.15) is 0 Å². The summed E-state index contributed by atoms with van der Waals surface area (Å²) in [6.07, 6.45) is 3.77. The van der Waals surface area contributed by atoms with Crippen molar-refractivity contribution in [1.82, 2.24) is 14.9 Å². The Kier molecular flexibility index (Phi) is 3.78. The summed E-state index contributed by atoms with van der Waals surface area (Å²) in [7, 11) is 0.